The molecule has 1 atom stereocenters. The Morgan fingerprint density at radius 3 is 3.06 bits per heavy atom. The molecule has 94 valence electrons. The number of hydrogen-bond donors (Lipinski definition) is 1. The monoisotopic (exact) mass is 242 g/mol. The van der Waals surface area contributed by atoms with E-state index in [0.717, 1.165) is 12.2 Å². The summed E-state index contributed by atoms with van der Waals surface area (Å²) in [6.45, 7) is 3.86. The van der Waals surface area contributed by atoms with Crippen LogP contribution in [-0.2, 0) is 4.79 Å². The van der Waals surface area contributed by atoms with Gasteiger partial charge in [-0.3, -0.25) is 4.79 Å². The number of anilines is 1. The van der Waals surface area contributed by atoms with Crippen LogP contribution in [-0.4, -0.2) is 30.4 Å². The van der Waals surface area contributed by atoms with E-state index in [1.165, 1.54) is 5.56 Å². The number of nitrogens with zero attached hydrogens (tertiary/aromatic N) is 1. The van der Waals surface area contributed by atoms with Crippen molar-refractivity contribution in [2.75, 3.05) is 25.0 Å². The van der Waals surface area contributed by atoms with Gasteiger partial charge in [0, 0.05) is 31.1 Å². The molecule has 1 aliphatic rings. The zero-order chi connectivity index (χ0) is 13.0. The lowest BCUT2D eigenvalue weighted by molar-refractivity contribution is -0.130. The standard InChI is InChI=1S/C15H18N2O/c1-3-9-17(4-2)15(18)10-12-11-16-14-8-6-5-7-13(12)14/h1,5-8,12,16H,4,9-11H2,2H3. The van der Waals surface area contributed by atoms with Crippen molar-refractivity contribution in [3.05, 3.63) is 29.8 Å². The Hall–Kier alpha value is -1.95. The lowest BCUT2D eigenvalue weighted by atomic mass is 9.97. The van der Waals surface area contributed by atoms with Crippen LogP contribution < -0.4 is 5.32 Å². The van der Waals surface area contributed by atoms with Crippen LogP contribution in [0, 0.1) is 12.3 Å². The van der Waals surface area contributed by atoms with E-state index in [-0.39, 0.29) is 11.8 Å². The molecule has 1 unspecified atom stereocenters. The Morgan fingerprint density at radius 1 is 1.56 bits per heavy atom. The van der Waals surface area contributed by atoms with Crippen LogP contribution in [0.1, 0.15) is 24.8 Å². The van der Waals surface area contributed by atoms with Crippen molar-refractivity contribution >= 4 is 11.6 Å². The van der Waals surface area contributed by atoms with Crippen LogP contribution in [0.3, 0.4) is 0 Å². The first kappa shape index (κ1) is 12.5. The summed E-state index contributed by atoms with van der Waals surface area (Å²) in [5, 5.41) is 3.33. The van der Waals surface area contributed by atoms with Crippen molar-refractivity contribution in [3.8, 4) is 12.3 Å². The van der Waals surface area contributed by atoms with E-state index in [0.29, 0.717) is 19.5 Å². The topological polar surface area (TPSA) is 32.3 Å². The van der Waals surface area contributed by atoms with Crippen LogP contribution in [0.15, 0.2) is 24.3 Å². The van der Waals surface area contributed by atoms with E-state index in [1.54, 1.807) is 4.90 Å². The number of carbonyl (C=O) groups is 1. The molecule has 0 radical (unpaired) electrons. The summed E-state index contributed by atoms with van der Waals surface area (Å²) >= 11 is 0. The average Bonchev–Trinajstić information content (AvgIpc) is 2.79. The molecule has 0 saturated carbocycles. The summed E-state index contributed by atoms with van der Waals surface area (Å²) in [6, 6.07) is 8.17. The van der Waals surface area contributed by atoms with Gasteiger partial charge in [-0.05, 0) is 18.6 Å². The Kier molecular flexibility index (Phi) is 3.88. The highest BCUT2D eigenvalue weighted by atomic mass is 16.2. The zero-order valence-corrected chi connectivity index (χ0v) is 10.6. The van der Waals surface area contributed by atoms with Gasteiger partial charge in [0.25, 0.3) is 0 Å². The fourth-order valence-corrected chi connectivity index (χ4v) is 2.37. The molecule has 1 aromatic carbocycles. The number of nitrogens with one attached hydrogen (secondary N) is 1. The highest BCUT2D eigenvalue weighted by Crippen LogP contribution is 2.33. The molecule has 0 spiro atoms. The lowest BCUT2D eigenvalue weighted by Crippen LogP contribution is -2.32. The Morgan fingerprint density at radius 2 is 2.33 bits per heavy atom. The van der Waals surface area contributed by atoms with Crippen LogP contribution in [0.4, 0.5) is 5.69 Å². The molecule has 0 bridgehead atoms. The molecule has 0 fully saturated rings. The second kappa shape index (κ2) is 5.59. The largest absolute Gasteiger partial charge is 0.384 e. The number of fused-ring (bicyclic) bond motifs is 1. The highest BCUT2D eigenvalue weighted by Gasteiger charge is 2.25. The van der Waals surface area contributed by atoms with Gasteiger partial charge in [-0.25, -0.2) is 0 Å². The Bertz CT molecular complexity index is 476. The van der Waals surface area contributed by atoms with E-state index in [2.05, 4.69) is 23.4 Å². The normalized spacial score (nSPS) is 16.6. The predicted molar refractivity (Wildman–Crippen MR) is 73.4 cm³/mol. The molecule has 18 heavy (non-hydrogen) atoms. The van der Waals surface area contributed by atoms with Gasteiger partial charge in [-0.15, -0.1) is 6.42 Å². The average molecular weight is 242 g/mol. The molecule has 3 heteroatoms. The van der Waals surface area contributed by atoms with Crippen LogP contribution in [0.2, 0.25) is 0 Å². The van der Waals surface area contributed by atoms with E-state index in [4.69, 9.17) is 6.42 Å². The Labute approximate surface area is 108 Å². The summed E-state index contributed by atoms with van der Waals surface area (Å²) in [5.41, 5.74) is 2.39. The Balaban J connectivity index is 2.03. The first-order valence-corrected chi connectivity index (χ1v) is 6.30. The second-order valence-electron chi connectivity index (χ2n) is 4.48. The van der Waals surface area contributed by atoms with E-state index >= 15 is 0 Å². The van der Waals surface area contributed by atoms with E-state index in [9.17, 15) is 4.79 Å². The van der Waals surface area contributed by atoms with Gasteiger partial charge in [0.2, 0.25) is 5.91 Å². The first-order chi connectivity index (χ1) is 8.76. The summed E-state index contributed by atoms with van der Waals surface area (Å²) in [6.07, 6.45) is 5.80. The van der Waals surface area contributed by atoms with Gasteiger partial charge in [-0.2, -0.15) is 0 Å². The SMILES string of the molecule is C#CCN(CC)C(=O)CC1CNc2ccccc21. The third-order valence-corrected chi connectivity index (χ3v) is 3.38. The van der Waals surface area contributed by atoms with Crippen LogP contribution in [0.25, 0.3) is 0 Å². The third-order valence-electron chi connectivity index (χ3n) is 3.38. The summed E-state index contributed by atoms with van der Waals surface area (Å²) in [4.78, 5) is 13.9. The number of terminal acetylenes is 1. The molecule has 1 amide bonds. The fraction of sp³-hybridized carbons (Fsp3) is 0.400. The van der Waals surface area contributed by atoms with Crippen LogP contribution in [0.5, 0.6) is 0 Å². The number of carbonyl (C=O) groups excluding carboxylic acids is 1. The molecule has 1 aliphatic heterocycles. The molecule has 2 rings (SSSR count). The number of rotatable bonds is 4. The highest BCUT2D eigenvalue weighted by molar-refractivity contribution is 5.78. The smallest absolute Gasteiger partial charge is 0.224 e. The van der Waals surface area contributed by atoms with Crippen LogP contribution >= 0.6 is 0 Å². The fourth-order valence-electron chi connectivity index (χ4n) is 2.37. The minimum atomic E-state index is 0.138. The molecule has 0 saturated heterocycles. The van der Waals surface area contributed by atoms with Gasteiger partial charge in [0.15, 0.2) is 0 Å². The molecule has 1 aromatic rings. The number of hydrogen-bond acceptors (Lipinski definition) is 2. The second-order valence-corrected chi connectivity index (χ2v) is 4.48. The molecule has 0 aliphatic carbocycles. The van der Waals surface area contributed by atoms with E-state index in [1.807, 2.05) is 19.1 Å². The minimum absolute atomic E-state index is 0.138. The van der Waals surface area contributed by atoms with Crippen molar-refractivity contribution in [2.24, 2.45) is 0 Å². The predicted octanol–water partition coefficient (Wildman–Crippen LogP) is 2.07. The molecule has 1 N–H and O–H groups in total. The van der Waals surface area contributed by atoms with Gasteiger partial charge in [0.05, 0.1) is 6.54 Å². The summed E-state index contributed by atoms with van der Waals surface area (Å²) in [5.74, 6) is 2.94. The van der Waals surface area contributed by atoms with Crippen molar-refractivity contribution < 1.29 is 4.79 Å². The van der Waals surface area contributed by atoms with Gasteiger partial charge in [0.1, 0.15) is 0 Å². The molecule has 0 aromatic heterocycles. The van der Waals surface area contributed by atoms with Crippen molar-refractivity contribution in [1.82, 2.24) is 4.90 Å². The minimum Gasteiger partial charge on any atom is -0.384 e. The maximum atomic E-state index is 12.1. The molecule has 1 heterocycles. The number of para-hydroxylation sites is 1. The van der Waals surface area contributed by atoms with Gasteiger partial charge < -0.3 is 10.2 Å². The maximum absolute atomic E-state index is 12.1. The zero-order valence-electron chi connectivity index (χ0n) is 10.6. The lowest BCUT2D eigenvalue weighted by Gasteiger charge is -2.20. The third kappa shape index (κ3) is 2.48. The first-order valence-electron chi connectivity index (χ1n) is 6.30. The number of benzene rings is 1. The van der Waals surface area contributed by atoms with Crippen molar-refractivity contribution in [1.29, 1.82) is 0 Å². The van der Waals surface area contributed by atoms with Crippen molar-refractivity contribution in [3.63, 3.8) is 0 Å². The summed E-state index contributed by atoms with van der Waals surface area (Å²) in [7, 11) is 0. The quantitative estimate of drug-likeness (QED) is 0.820. The van der Waals surface area contributed by atoms with Crippen molar-refractivity contribution in [2.45, 2.75) is 19.3 Å². The number of amides is 1. The maximum Gasteiger partial charge on any atom is 0.224 e. The summed E-state index contributed by atoms with van der Waals surface area (Å²) < 4.78 is 0. The van der Waals surface area contributed by atoms with E-state index < -0.39 is 0 Å². The molecule has 3 nitrogen and oxygen atoms in total. The van der Waals surface area contributed by atoms with Gasteiger partial charge >= 0.3 is 0 Å². The molecular formula is C15H18N2O. The molecular weight excluding hydrogens is 224 g/mol. The van der Waals surface area contributed by atoms with Gasteiger partial charge in [-0.1, -0.05) is 24.1 Å².